The SMILES string of the molecule is CCCCCCCCCCCCCCCCCCCCO[Si](OC)(OC)C([NH3+])CC.[Cl-]. The molecule has 0 radical (unpaired) electrons. The van der Waals surface area contributed by atoms with Crippen LogP contribution in [0, 0.1) is 0 Å². The van der Waals surface area contributed by atoms with Crippen LogP contribution in [0.2, 0.25) is 0 Å². The van der Waals surface area contributed by atoms with Crippen molar-refractivity contribution < 1.29 is 31.4 Å². The topological polar surface area (TPSA) is 55.3 Å². The molecule has 0 aromatic rings. The summed E-state index contributed by atoms with van der Waals surface area (Å²) >= 11 is 0. The Morgan fingerprint density at radius 3 is 1.19 bits per heavy atom. The lowest BCUT2D eigenvalue weighted by Crippen LogP contribution is -3.00. The van der Waals surface area contributed by atoms with Gasteiger partial charge in [0.2, 0.25) is 0 Å². The molecule has 0 aromatic carbocycles. The summed E-state index contributed by atoms with van der Waals surface area (Å²) < 4.78 is 17.3. The molecule has 1 atom stereocenters. The monoisotopic (exact) mass is 481 g/mol. The molecule has 0 amide bonds. The Hall–Kier alpha value is 0.347. The zero-order valence-electron chi connectivity index (χ0n) is 21.5. The van der Waals surface area contributed by atoms with E-state index in [1.807, 2.05) is 0 Å². The van der Waals surface area contributed by atoms with Crippen LogP contribution in [0.15, 0.2) is 0 Å². The fraction of sp³-hybridized carbons (Fsp3) is 1.00. The van der Waals surface area contributed by atoms with Crippen LogP contribution < -0.4 is 18.1 Å². The Morgan fingerprint density at radius 2 is 0.903 bits per heavy atom. The number of hydrogen-bond acceptors (Lipinski definition) is 3. The first-order chi connectivity index (χ1) is 14.7. The molecule has 0 heterocycles. The minimum absolute atomic E-state index is 0. The molecule has 1 unspecified atom stereocenters. The zero-order chi connectivity index (χ0) is 22.3. The maximum absolute atomic E-state index is 6.04. The predicted octanol–water partition coefficient (Wildman–Crippen LogP) is 3.84. The van der Waals surface area contributed by atoms with E-state index in [-0.39, 0.29) is 18.1 Å². The van der Waals surface area contributed by atoms with Crippen molar-refractivity contribution in [2.75, 3.05) is 20.8 Å². The maximum atomic E-state index is 6.04. The highest BCUT2D eigenvalue weighted by Crippen LogP contribution is 2.16. The summed E-state index contributed by atoms with van der Waals surface area (Å²) in [4.78, 5) is 0. The molecular formula is C25H56ClNO3Si. The molecular weight excluding hydrogens is 426 g/mol. The van der Waals surface area contributed by atoms with E-state index in [0.717, 1.165) is 19.4 Å². The van der Waals surface area contributed by atoms with Gasteiger partial charge in [-0.05, 0) is 6.42 Å². The molecule has 0 fully saturated rings. The van der Waals surface area contributed by atoms with Crippen molar-refractivity contribution >= 4 is 8.80 Å². The minimum atomic E-state index is -2.57. The summed E-state index contributed by atoms with van der Waals surface area (Å²) in [5, 5.41) is 0. The van der Waals surface area contributed by atoms with E-state index in [9.17, 15) is 0 Å². The normalized spacial score (nSPS) is 12.7. The quantitative estimate of drug-likeness (QED) is 0.168. The van der Waals surface area contributed by atoms with Crippen LogP contribution in [0.25, 0.3) is 0 Å². The van der Waals surface area contributed by atoms with Gasteiger partial charge in [-0.25, -0.2) is 0 Å². The largest absolute Gasteiger partial charge is 1.00 e. The smallest absolute Gasteiger partial charge is 0.561 e. The van der Waals surface area contributed by atoms with Gasteiger partial charge < -0.3 is 31.4 Å². The van der Waals surface area contributed by atoms with Crippen molar-refractivity contribution in [1.82, 2.24) is 0 Å². The fourth-order valence-electron chi connectivity index (χ4n) is 4.12. The molecule has 0 aromatic heterocycles. The summed E-state index contributed by atoms with van der Waals surface area (Å²) in [6, 6.07) is 0. The van der Waals surface area contributed by atoms with Gasteiger partial charge in [-0.1, -0.05) is 123 Å². The van der Waals surface area contributed by atoms with Gasteiger partial charge in [0, 0.05) is 27.2 Å². The van der Waals surface area contributed by atoms with E-state index < -0.39 is 8.80 Å². The summed E-state index contributed by atoms with van der Waals surface area (Å²) in [7, 11) is 0.817. The Bertz CT molecular complexity index is 347. The van der Waals surface area contributed by atoms with E-state index in [4.69, 9.17) is 13.3 Å². The van der Waals surface area contributed by atoms with Gasteiger partial charge in [0.05, 0.1) is 0 Å². The Balaban J connectivity index is 0. The highest BCUT2D eigenvalue weighted by Gasteiger charge is 2.48. The average Bonchev–Trinajstić information content (AvgIpc) is 2.77. The molecule has 31 heavy (non-hydrogen) atoms. The zero-order valence-corrected chi connectivity index (χ0v) is 23.3. The molecule has 0 bridgehead atoms. The number of rotatable bonds is 24. The number of halogens is 1. The van der Waals surface area contributed by atoms with Crippen LogP contribution in [-0.4, -0.2) is 35.3 Å². The summed E-state index contributed by atoms with van der Waals surface area (Å²) in [6.45, 7) is 5.14. The lowest BCUT2D eigenvalue weighted by molar-refractivity contribution is -0.405. The van der Waals surface area contributed by atoms with Gasteiger partial charge in [0.15, 0.2) is 5.67 Å². The number of quaternary nitrogens is 1. The second kappa shape index (κ2) is 25.0. The summed E-state index contributed by atoms with van der Waals surface area (Å²) in [6.07, 6.45) is 26.0. The van der Waals surface area contributed by atoms with Crippen molar-refractivity contribution in [1.29, 1.82) is 0 Å². The summed E-state index contributed by atoms with van der Waals surface area (Å²) in [5.41, 5.74) is 4.27. The average molecular weight is 482 g/mol. The number of hydrogen-bond donors (Lipinski definition) is 1. The lowest BCUT2D eigenvalue weighted by Gasteiger charge is -2.28. The maximum Gasteiger partial charge on any atom is 0.561 e. The molecule has 4 nitrogen and oxygen atoms in total. The lowest BCUT2D eigenvalue weighted by atomic mass is 10.0. The molecule has 0 aliphatic rings. The second-order valence-electron chi connectivity index (χ2n) is 8.98. The first kappa shape index (κ1) is 33.5. The highest BCUT2D eigenvalue weighted by molar-refractivity contribution is 6.61. The van der Waals surface area contributed by atoms with E-state index in [0.29, 0.717) is 0 Å². The summed E-state index contributed by atoms with van der Waals surface area (Å²) in [5.74, 6) is 0. The van der Waals surface area contributed by atoms with Crippen LogP contribution in [0.3, 0.4) is 0 Å². The molecule has 3 N–H and O–H groups in total. The van der Waals surface area contributed by atoms with Gasteiger partial charge in [0.25, 0.3) is 0 Å². The molecule has 0 saturated carbocycles. The molecule has 190 valence electrons. The van der Waals surface area contributed by atoms with Gasteiger partial charge in [-0.2, -0.15) is 0 Å². The van der Waals surface area contributed by atoms with Crippen LogP contribution >= 0.6 is 0 Å². The van der Waals surface area contributed by atoms with Crippen LogP contribution in [0.1, 0.15) is 136 Å². The van der Waals surface area contributed by atoms with Crippen molar-refractivity contribution in [3.05, 3.63) is 0 Å². The third-order valence-electron chi connectivity index (χ3n) is 6.36. The minimum Gasteiger partial charge on any atom is -1.00 e. The predicted molar refractivity (Wildman–Crippen MR) is 131 cm³/mol. The van der Waals surface area contributed by atoms with E-state index >= 15 is 0 Å². The molecule has 0 aliphatic carbocycles. The van der Waals surface area contributed by atoms with Crippen molar-refractivity contribution in [2.45, 2.75) is 142 Å². The van der Waals surface area contributed by atoms with Crippen LogP contribution in [0.5, 0.6) is 0 Å². The standard InChI is InChI=1S/C25H55NO3Si.ClH/c1-5-7-8-9-10-11-12-13-14-15-16-17-18-19-20-21-22-23-24-29-30(27-3,28-4)25(26)6-2;/h25H,5-24,26H2,1-4H3;1H. The second-order valence-corrected chi connectivity index (χ2v) is 12.1. The molecule has 0 rings (SSSR count). The van der Waals surface area contributed by atoms with Crippen molar-refractivity contribution in [3.8, 4) is 0 Å². The van der Waals surface area contributed by atoms with Crippen molar-refractivity contribution in [2.24, 2.45) is 0 Å². The molecule has 0 aliphatic heterocycles. The van der Waals surface area contributed by atoms with Gasteiger partial charge in [-0.15, -0.1) is 0 Å². The Morgan fingerprint density at radius 1 is 0.581 bits per heavy atom. The van der Waals surface area contributed by atoms with E-state index in [1.165, 1.54) is 109 Å². The molecule has 0 saturated heterocycles. The van der Waals surface area contributed by atoms with Gasteiger partial charge in [-0.3, -0.25) is 0 Å². The number of unbranched alkanes of at least 4 members (excludes halogenated alkanes) is 17. The van der Waals surface area contributed by atoms with Crippen LogP contribution in [-0.2, 0) is 13.3 Å². The first-order valence-electron chi connectivity index (χ1n) is 13.2. The van der Waals surface area contributed by atoms with Crippen molar-refractivity contribution in [3.63, 3.8) is 0 Å². The van der Waals surface area contributed by atoms with Crippen LogP contribution in [0.4, 0.5) is 0 Å². The van der Waals surface area contributed by atoms with Gasteiger partial charge in [0.1, 0.15) is 0 Å². The third-order valence-corrected chi connectivity index (χ3v) is 9.52. The third kappa shape index (κ3) is 18.5. The van der Waals surface area contributed by atoms with E-state index in [1.54, 1.807) is 14.2 Å². The Labute approximate surface area is 202 Å². The van der Waals surface area contributed by atoms with E-state index in [2.05, 4.69) is 19.6 Å². The Kier molecular flexibility index (Phi) is 27.0. The first-order valence-corrected chi connectivity index (χ1v) is 15.0. The molecule has 0 spiro atoms. The highest BCUT2D eigenvalue weighted by atomic mass is 35.5. The van der Waals surface area contributed by atoms with Gasteiger partial charge >= 0.3 is 8.80 Å². The fourth-order valence-corrected chi connectivity index (χ4v) is 6.35. The molecule has 6 heteroatoms.